The molecular formula is C57H72O12. The number of phenols is 1. The van der Waals surface area contributed by atoms with Gasteiger partial charge in [-0.3, -0.25) is 4.79 Å². The molecule has 6 N–H and O–H groups in total. The second kappa shape index (κ2) is 15.6. The van der Waals surface area contributed by atoms with E-state index in [-0.39, 0.29) is 69.0 Å². The molecule has 372 valence electrons. The maximum Gasteiger partial charge on any atom is 0.335 e. The molecule has 11 aliphatic rings. The highest BCUT2D eigenvalue weighted by molar-refractivity contribution is 6.08. The average molecular weight is 949 g/mol. The van der Waals surface area contributed by atoms with E-state index < -0.39 is 48.4 Å². The highest BCUT2D eigenvalue weighted by Gasteiger charge is 2.71. The Bertz CT molecular complexity index is 2570. The van der Waals surface area contributed by atoms with Gasteiger partial charge < -0.3 is 49.6 Å². The number of fused-ring (bicyclic) bond motifs is 6. The predicted molar refractivity (Wildman–Crippen MR) is 254 cm³/mol. The molecule has 13 rings (SSSR count). The van der Waals surface area contributed by atoms with E-state index in [1.54, 1.807) is 13.0 Å². The molecule has 0 aromatic heterocycles. The first kappa shape index (κ1) is 45.5. The van der Waals surface area contributed by atoms with E-state index in [0.29, 0.717) is 78.4 Å². The van der Waals surface area contributed by atoms with Gasteiger partial charge in [-0.2, -0.15) is 0 Å². The third-order valence-electron chi connectivity index (χ3n) is 22.0. The number of hydrogen-bond acceptors (Lipinski definition) is 11. The molecule has 69 heavy (non-hydrogen) atoms. The number of ketones is 1. The van der Waals surface area contributed by atoms with E-state index in [4.69, 9.17) is 18.9 Å². The summed E-state index contributed by atoms with van der Waals surface area (Å²) in [5.74, 6) is -1.47. The van der Waals surface area contributed by atoms with Gasteiger partial charge in [-0.05, 0) is 208 Å². The summed E-state index contributed by atoms with van der Waals surface area (Å²) in [6.07, 6.45) is 17.1. The molecule has 12 heteroatoms. The number of ether oxygens (including phenoxy) is 4. The van der Waals surface area contributed by atoms with Crippen LogP contribution in [0.3, 0.4) is 0 Å². The Morgan fingerprint density at radius 3 is 2.38 bits per heavy atom. The van der Waals surface area contributed by atoms with Crippen LogP contribution in [-0.4, -0.2) is 105 Å². The lowest BCUT2D eigenvalue weighted by molar-refractivity contribution is -0.336. The Morgan fingerprint density at radius 2 is 1.64 bits per heavy atom. The highest BCUT2D eigenvalue weighted by atomic mass is 16.7. The molecule has 4 heterocycles. The van der Waals surface area contributed by atoms with Gasteiger partial charge in [-0.25, -0.2) is 4.79 Å². The summed E-state index contributed by atoms with van der Waals surface area (Å²) in [5.41, 5.74) is 3.80. The SMILES string of the molecule is CC(=O)c1c(C)cc2cc(C(=O)O)cc(OC3OC4C(O)CCC5OC4(CC4C6=C5CC=C6C5(CCO)COCC6CC7(CCC8(CCCC89CCC8(CCCC8)C9)C7)CC4C65)C(O)C3O)c2c1O. The van der Waals surface area contributed by atoms with Crippen molar-refractivity contribution in [2.75, 3.05) is 19.8 Å². The monoisotopic (exact) mass is 949 g/mol. The summed E-state index contributed by atoms with van der Waals surface area (Å²) in [4.78, 5) is 25.2. The summed E-state index contributed by atoms with van der Waals surface area (Å²) in [5, 5.41) is 70.7. The lowest BCUT2D eigenvalue weighted by Crippen LogP contribution is -2.71. The zero-order chi connectivity index (χ0) is 47.6. The standard InChI is InChI=1S/C57H72O12/c1-30-20-32-21-33(50(64)65)22-41(43(32)46(61)42(30)31(2)59)67-51-47(62)48(63)57-25-36-37-24-53(15-17-55(28-53)13-5-12-54(55)16-14-52(27-54)10-3-4-11-52)23-34-26-66-29-56(18-19-58,45(34)37)38-7-6-35(44(36)38)40(69-57)9-8-39(60)49(57)68-51/h7,20-22,34,36-37,39-40,45,47-49,51,58,60-63H,3-6,8-19,23-29H2,1-2H3,(H,64,65). The van der Waals surface area contributed by atoms with E-state index in [1.807, 2.05) is 0 Å². The van der Waals surface area contributed by atoms with Crippen LogP contribution in [0, 0.1) is 57.7 Å². The first-order valence-corrected chi connectivity index (χ1v) is 26.8. The third-order valence-corrected chi connectivity index (χ3v) is 22.0. The molecule has 5 spiro atoms. The molecule has 15 atom stereocenters. The summed E-state index contributed by atoms with van der Waals surface area (Å²) < 4.78 is 27.3. The number of carbonyl (C=O) groups is 2. The fraction of sp³-hybridized carbons (Fsp3) is 0.719. The third kappa shape index (κ3) is 6.24. The van der Waals surface area contributed by atoms with Crippen LogP contribution in [0.4, 0.5) is 0 Å². The number of carboxylic acids is 1. The van der Waals surface area contributed by atoms with Crippen LogP contribution in [0.1, 0.15) is 162 Å². The van der Waals surface area contributed by atoms with Gasteiger partial charge in [0.25, 0.3) is 0 Å². The maximum atomic E-state index is 12.9. The smallest absolute Gasteiger partial charge is 0.335 e. The lowest BCUT2D eigenvalue weighted by atomic mass is 9.42. The fourth-order valence-electron chi connectivity index (χ4n) is 19.8. The second-order valence-corrected chi connectivity index (χ2v) is 25.1. The van der Waals surface area contributed by atoms with Crippen molar-refractivity contribution in [1.82, 2.24) is 0 Å². The van der Waals surface area contributed by atoms with Crippen molar-refractivity contribution in [3.63, 3.8) is 0 Å². The summed E-state index contributed by atoms with van der Waals surface area (Å²) in [6.45, 7) is 4.35. The number of aromatic carboxylic acids is 1. The van der Waals surface area contributed by atoms with E-state index in [1.165, 1.54) is 119 Å². The van der Waals surface area contributed by atoms with Crippen LogP contribution in [0.2, 0.25) is 0 Å². The topological polar surface area (TPSA) is 192 Å². The largest absolute Gasteiger partial charge is 0.506 e. The van der Waals surface area contributed by atoms with Gasteiger partial charge in [0, 0.05) is 18.6 Å². The molecule has 2 aromatic carbocycles. The number of aryl methyl sites for hydroxylation is 1. The maximum absolute atomic E-state index is 12.9. The van der Waals surface area contributed by atoms with Crippen LogP contribution in [0.5, 0.6) is 11.5 Å². The number of Topliss-reactive ketones (excluding diaryl/α,β-unsaturated/α-hetero) is 1. The minimum absolute atomic E-state index is 0.0591. The first-order valence-electron chi connectivity index (χ1n) is 26.8. The van der Waals surface area contributed by atoms with Crippen LogP contribution in [-0.2, 0) is 14.2 Å². The van der Waals surface area contributed by atoms with Crippen LogP contribution >= 0.6 is 0 Å². The molecule has 9 fully saturated rings. The van der Waals surface area contributed by atoms with Gasteiger partial charge in [0.15, 0.2) is 5.78 Å². The Hall–Kier alpha value is -3.36. The van der Waals surface area contributed by atoms with Crippen molar-refractivity contribution in [2.45, 2.75) is 185 Å². The van der Waals surface area contributed by atoms with Crippen LogP contribution in [0.15, 0.2) is 41.0 Å². The van der Waals surface area contributed by atoms with Gasteiger partial charge in [-0.15, -0.1) is 0 Å². The number of carboxylic acid groups (broad SMARTS) is 1. The second-order valence-electron chi connectivity index (χ2n) is 25.1. The number of aromatic hydroxyl groups is 1. The number of aliphatic hydroxyl groups excluding tert-OH is 4. The van der Waals surface area contributed by atoms with E-state index in [9.17, 15) is 40.2 Å². The van der Waals surface area contributed by atoms with Crippen molar-refractivity contribution < 1.29 is 59.2 Å². The Balaban J connectivity index is 0.886. The van der Waals surface area contributed by atoms with E-state index in [2.05, 4.69) is 6.08 Å². The first-order chi connectivity index (χ1) is 33.1. The number of benzene rings is 2. The van der Waals surface area contributed by atoms with Gasteiger partial charge in [-0.1, -0.05) is 31.4 Å². The van der Waals surface area contributed by atoms with Crippen molar-refractivity contribution in [3.8, 4) is 11.5 Å². The van der Waals surface area contributed by atoms with Gasteiger partial charge in [0.1, 0.15) is 35.4 Å². The molecule has 0 radical (unpaired) electrons. The lowest BCUT2D eigenvalue weighted by Gasteiger charge is -2.64. The summed E-state index contributed by atoms with van der Waals surface area (Å²) in [7, 11) is 0. The minimum atomic E-state index is -1.72. The quantitative estimate of drug-likeness (QED) is 0.151. The van der Waals surface area contributed by atoms with Crippen molar-refractivity contribution in [3.05, 3.63) is 57.7 Å². The number of allylic oxidation sites excluding steroid dienone is 2. The average Bonchev–Trinajstić information content (AvgIpc) is 4.15. The van der Waals surface area contributed by atoms with Gasteiger partial charge in [0.2, 0.25) is 6.29 Å². The molecule has 2 aromatic rings. The molecule has 6 saturated carbocycles. The van der Waals surface area contributed by atoms with Gasteiger partial charge >= 0.3 is 5.97 Å². The highest BCUT2D eigenvalue weighted by Crippen LogP contribution is 2.78. The van der Waals surface area contributed by atoms with Gasteiger partial charge in [0.05, 0.1) is 35.3 Å². The Kier molecular flexibility index (Phi) is 10.3. The number of carbonyl (C=O) groups excluding carboxylic acids is 1. The minimum Gasteiger partial charge on any atom is -0.506 e. The molecule has 0 amide bonds. The molecule has 3 saturated heterocycles. The normalized spacial score (nSPS) is 44.6. The number of aliphatic hydroxyl groups is 4. The molecule has 15 unspecified atom stereocenters. The predicted octanol–water partition coefficient (Wildman–Crippen LogP) is 8.63. The summed E-state index contributed by atoms with van der Waals surface area (Å²) in [6, 6.07) is 4.23. The molecular weight excluding hydrogens is 877 g/mol. The van der Waals surface area contributed by atoms with E-state index >= 15 is 0 Å². The van der Waals surface area contributed by atoms with E-state index in [0.717, 1.165) is 12.8 Å². The number of phenolic OH excluding ortho intramolecular Hbond substituents is 1. The number of hydrogen-bond donors (Lipinski definition) is 6. The van der Waals surface area contributed by atoms with Crippen molar-refractivity contribution in [2.24, 2.45) is 50.7 Å². The van der Waals surface area contributed by atoms with Crippen molar-refractivity contribution >= 4 is 22.5 Å². The fourth-order valence-corrected chi connectivity index (χ4v) is 19.8. The number of rotatable bonds is 6. The molecule has 7 aliphatic carbocycles. The molecule has 4 aliphatic heterocycles. The van der Waals surface area contributed by atoms with Crippen molar-refractivity contribution in [1.29, 1.82) is 0 Å². The zero-order valence-corrected chi connectivity index (χ0v) is 40.5. The Labute approximate surface area is 404 Å². The van der Waals surface area contributed by atoms with Crippen LogP contribution in [0.25, 0.3) is 10.8 Å². The van der Waals surface area contributed by atoms with Crippen LogP contribution < -0.4 is 4.74 Å². The summed E-state index contributed by atoms with van der Waals surface area (Å²) >= 11 is 0. The molecule has 12 nitrogen and oxygen atoms in total. The zero-order valence-electron chi connectivity index (χ0n) is 40.5. The Morgan fingerprint density at radius 1 is 0.884 bits per heavy atom. The molecule has 2 bridgehead atoms.